The van der Waals surface area contributed by atoms with Crippen molar-refractivity contribution in [2.75, 3.05) is 6.54 Å². The van der Waals surface area contributed by atoms with Crippen LogP contribution in [0.4, 0.5) is 0 Å². The summed E-state index contributed by atoms with van der Waals surface area (Å²) >= 11 is 0. The molecule has 2 aliphatic rings. The Hall–Kier alpha value is -1.06. The molecule has 1 aliphatic carbocycles. The van der Waals surface area contributed by atoms with Gasteiger partial charge in [-0.05, 0) is 37.5 Å². The van der Waals surface area contributed by atoms with Gasteiger partial charge in [0.05, 0.1) is 6.54 Å². The first-order chi connectivity index (χ1) is 8.52. The summed E-state index contributed by atoms with van der Waals surface area (Å²) in [5.41, 5.74) is 0. The average molecular weight is 252 g/mol. The van der Waals surface area contributed by atoms with Crippen molar-refractivity contribution in [3.8, 4) is 0 Å². The highest BCUT2D eigenvalue weighted by molar-refractivity contribution is 5.94. The molecule has 2 amide bonds. The lowest BCUT2D eigenvalue weighted by Gasteiger charge is -2.44. The van der Waals surface area contributed by atoms with Crippen LogP contribution in [0.2, 0.25) is 0 Å². The maximum absolute atomic E-state index is 12.1. The molecule has 0 aromatic heterocycles. The van der Waals surface area contributed by atoms with E-state index in [0.717, 1.165) is 12.8 Å². The van der Waals surface area contributed by atoms with Gasteiger partial charge in [-0.1, -0.05) is 20.8 Å². The minimum Gasteiger partial charge on any atom is -0.345 e. The van der Waals surface area contributed by atoms with Crippen LogP contribution in [0.25, 0.3) is 0 Å². The smallest absolute Gasteiger partial charge is 0.243 e. The van der Waals surface area contributed by atoms with Gasteiger partial charge in [-0.3, -0.25) is 9.59 Å². The highest BCUT2D eigenvalue weighted by atomic mass is 16.2. The van der Waals surface area contributed by atoms with Crippen molar-refractivity contribution in [1.82, 2.24) is 10.2 Å². The zero-order valence-electron chi connectivity index (χ0n) is 11.6. The van der Waals surface area contributed by atoms with Crippen molar-refractivity contribution in [2.45, 2.75) is 58.5 Å². The van der Waals surface area contributed by atoms with E-state index in [1.807, 2.05) is 11.8 Å². The summed E-state index contributed by atoms with van der Waals surface area (Å²) in [5.74, 6) is 1.40. The number of carbonyl (C=O) groups excluding carboxylic acids is 2. The van der Waals surface area contributed by atoms with Crippen LogP contribution in [0.1, 0.15) is 46.5 Å². The lowest BCUT2D eigenvalue weighted by Crippen LogP contribution is -2.62. The maximum atomic E-state index is 12.1. The Bertz CT molecular complexity index is 333. The molecule has 2 fully saturated rings. The van der Waals surface area contributed by atoms with Crippen molar-refractivity contribution in [3.63, 3.8) is 0 Å². The minimum atomic E-state index is -0.256. The molecule has 1 saturated heterocycles. The Morgan fingerprint density at radius 3 is 2.33 bits per heavy atom. The molecular formula is C14H24N2O2. The van der Waals surface area contributed by atoms with Crippen LogP contribution < -0.4 is 5.32 Å². The highest BCUT2D eigenvalue weighted by Crippen LogP contribution is 2.33. The first kappa shape index (κ1) is 13.4. The summed E-state index contributed by atoms with van der Waals surface area (Å²) in [6, 6.07) is 0.000926. The molecule has 1 heterocycles. The molecule has 1 saturated carbocycles. The number of hydrogen-bond donors (Lipinski definition) is 1. The lowest BCUT2D eigenvalue weighted by molar-refractivity contribution is -0.150. The summed E-state index contributed by atoms with van der Waals surface area (Å²) in [6.07, 6.45) is 4.03. The van der Waals surface area contributed by atoms with Crippen molar-refractivity contribution in [3.05, 3.63) is 0 Å². The van der Waals surface area contributed by atoms with Crippen LogP contribution in [-0.4, -0.2) is 35.3 Å². The Labute approximate surface area is 109 Å². The number of rotatable bonds is 2. The van der Waals surface area contributed by atoms with Crippen molar-refractivity contribution in [2.24, 2.45) is 11.8 Å². The van der Waals surface area contributed by atoms with Gasteiger partial charge in [0.15, 0.2) is 0 Å². The largest absolute Gasteiger partial charge is 0.345 e. The van der Waals surface area contributed by atoms with E-state index >= 15 is 0 Å². The van der Waals surface area contributed by atoms with E-state index in [-0.39, 0.29) is 30.4 Å². The topological polar surface area (TPSA) is 49.4 Å². The number of hydrogen-bond acceptors (Lipinski definition) is 2. The summed E-state index contributed by atoms with van der Waals surface area (Å²) in [6.45, 7) is 6.65. The molecular weight excluding hydrogens is 228 g/mol. The van der Waals surface area contributed by atoms with Gasteiger partial charge in [0.25, 0.3) is 0 Å². The third-order valence-electron chi connectivity index (χ3n) is 4.27. The first-order valence-electron chi connectivity index (χ1n) is 7.11. The predicted molar refractivity (Wildman–Crippen MR) is 69.9 cm³/mol. The standard InChI is InChI=1S/C14H24N2O2/c1-4-12-14(18)15-8-13(17)16(12)11-6-9(2)5-10(3)7-11/h9-12H,4-8H2,1-3H3,(H,15,18). The van der Waals surface area contributed by atoms with Gasteiger partial charge in [-0.2, -0.15) is 0 Å². The summed E-state index contributed by atoms with van der Waals surface area (Å²) in [7, 11) is 0. The number of nitrogens with zero attached hydrogens (tertiary/aromatic N) is 1. The number of nitrogens with one attached hydrogen (secondary N) is 1. The van der Waals surface area contributed by atoms with Gasteiger partial charge in [0.2, 0.25) is 11.8 Å². The number of carbonyl (C=O) groups is 2. The highest BCUT2D eigenvalue weighted by Gasteiger charge is 2.39. The quantitative estimate of drug-likeness (QED) is 0.810. The summed E-state index contributed by atoms with van der Waals surface area (Å²) < 4.78 is 0. The van der Waals surface area contributed by atoms with Crippen LogP contribution >= 0.6 is 0 Å². The van der Waals surface area contributed by atoms with E-state index < -0.39 is 0 Å². The molecule has 1 aliphatic heterocycles. The van der Waals surface area contributed by atoms with Gasteiger partial charge in [0, 0.05) is 6.04 Å². The molecule has 2 rings (SSSR count). The number of amides is 2. The second-order valence-corrected chi connectivity index (χ2v) is 6.01. The Morgan fingerprint density at radius 1 is 1.17 bits per heavy atom. The van der Waals surface area contributed by atoms with Crippen LogP contribution in [0.5, 0.6) is 0 Å². The predicted octanol–water partition coefficient (Wildman–Crippen LogP) is 1.55. The Kier molecular flexibility index (Phi) is 3.93. The van der Waals surface area contributed by atoms with Gasteiger partial charge in [-0.25, -0.2) is 0 Å². The van der Waals surface area contributed by atoms with Crippen LogP contribution in [0, 0.1) is 11.8 Å². The zero-order valence-corrected chi connectivity index (χ0v) is 11.6. The van der Waals surface area contributed by atoms with Crippen molar-refractivity contribution >= 4 is 11.8 Å². The van der Waals surface area contributed by atoms with E-state index in [1.165, 1.54) is 6.42 Å². The second kappa shape index (κ2) is 5.29. The van der Waals surface area contributed by atoms with Gasteiger partial charge < -0.3 is 10.2 Å². The number of piperazine rings is 1. The molecule has 1 N–H and O–H groups in total. The van der Waals surface area contributed by atoms with Crippen molar-refractivity contribution < 1.29 is 9.59 Å². The normalized spacial score (nSPS) is 37.6. The molecule has 102 valence electrons. The van der Waals surface area contributed by atoms with Crippen LogP contribution in [0.3, 0.4) is 0 Å². The minimum absolute atomic E-state index is 0.0166. The fourth-order valence-electron chi connectivity index (χ4n) is 3.64. The third-order valence-corrected chi connectivity index (χ3v) is 4.27. The van der Waals surface area contributed by atoms with E-state index in [2.05, 4.69) is 19.2 Å². The Balaban J connectivity index is 2.17. The molecule has 18 heavy (non-hydrogen) atoms. The van der Waals surface area contributed by atoms with Gasteiger partial charge in [0.1, 0.15) is 6.04 Å². The van der Waals surface area contributed by atoms with Crippen LogP contribution in [-0.2, 0) is 9.59 Å². The molecule has 4 nitrogen and oxygen atoms in total. The molecule has 0 spiro atoms. The maximum Gasteiger partial charge on any atom is 0.243 e. The van der Waals surface area contributed by atoms with E-state index in [9.17, 15) is 9.59 Å². The van der Waals surface area contributed by atoms with Crippen molar-refractivity contribution in [1.29, 1.82) is 0 Å². The molecule has 4 heteroatoms. The fraction of sp³-hybridized carbons (Fsp3) is 0.857. The monoisotopic (exact) mass is 252 g/mol. The van der Waals surface area contributed by atoms with E-state index in [0.29, 0.717) is 18.3 Å². The molecule has 3 unspecified atom stereocenters. The fourth-order valence-corrected chi connectivity index (χ4v) is 3.64. The average Bonchev–Trinajstić information content (AvgIpc) is 2.30. The van der Waals surface area contributed by atoms with Gasteiger partial charge >= 0.3 is 0 Å². The summed E-state index contributed by atoms with van der Waals surface area (Å²) in [4.78, 5) is 25.9. The van der Waals surface area contributed by atoms with E-state index in [4.69, 9.17) is 0 Å². The van der Waals surface area contributed by atoms with E-state index in [1.54, 1.807) is 0 Å². The SMILES string of the molecule is CCC1C(=O)NCC(=O)N1C1CC(C)CC(C)C1. The molecule has 0 bridgehead atoms. The van der Waals surface area contributed by atoms with Gasteiger partial charge in [-0.15, -0.1) is 0 Å². The molecule has 0 radical (unpaired) electrons. The third kappa shape index (κ3) is 2.52. The zero-order chi connectivity index (χ0) is 13.3. The molecule has 0 aromatic rings. The Morgan fingerprint density at radius 2 is 1.78 bits per heavy atom. The summed E-state index contributed by atoms with van der Waals surface area (Å²) in [5, 5.41) is 2.69. The lowest BCUT2D eigenvalue weighted by atomic mass is 9.79. The molecule has 0 aromatic carbocycles. The molecule has 3 atom stereocenters. The van der Waals surface area contributed by atoms with Crippen LogP contribution in [0.15, 0.2) is 0 Å². The second-order valence-electron chi connectivity index (χ2n) is 6.01. The first-order valence-corrected chi connectivity index (χ1v) is 7.11.